The van der Waals surface area contributed by atoms with Crippen LogP contribution in [0.25, 0.3) is 10.9 Å². The van der Waals surface area contributed by atoms with Crippen LogP contribution in [0, 0.1) is 27.7 Å². The second-order valence-corrected chi connectivity index (χ2v) is 8.24. The molecule has 33 heavy (non-hydrogen) atoms. The minimum atomic E-state index is 0.303. The topological polar surface area (TPSA) is 87.1 Å². The highest BCUT2D eigenvalue weighted by Crippen LogP contribution is 2.18. The van der Waals surface area contributed by atoms with Crippen LogP contribution in [0.2, 0.25) is 0 Å². The standard InChI is InChI=1S/C25H25N7S/c1-15-9-10-16(2)22(11-15)30-25(33)32-24(31-23-27-17(3)12-18(4)28-23)29-20-13-19-7-5-6-8-21(19)26-14-20/h5-14H,1-4H3,(H3,27,28,29,30,31,32,33). The van der Waals surface area contributed by atoms with E-state index in [1.54, 1.807) is 6.20 Å². The molecule has 0 aliphatic heterocycles. The van der Waals surface area contributed by atoms with Crippen LogP contribution in [0.1, 0.15) is 22.5 Å². The average molecular weight is 456 g/mol. The van der Waals surface area contributed by atoms with Gasteiger partial charge in [-0.05, 0) is 75.3 Å². The minimum Gasteiger partial charge on any atom is -0.331 e. The van der Waals surface area contributed by atoms with Gasteiger partial charge in [-0.2, -0.15) is 4.99 Å². The molecule has 166 valence electrons. The maximum Gasteiger partial charge on any atom is 0.229 e. The first-order valence-corrected chi connectivity index (χ1v) is 10.9. The van der Waals surface area contributed by atoms with E-state index in [9.17, 15) is 0 Å². The lowest BCUT2D eigenvalue weighted by atomic mass is 10.1. The Balaban J connectivity index is 1.64. The van der Waals surface area contributed by atoms with Crippen LogP contribution in [0.3, 0.4) is 0 Å². The normalized spacial score (nSPS) is 11.3. The average Bonchev–Trinajstić information content (AvgIpc) is 2.75. The van der Waals surface area contributed by atoms with E-state index >= 15 is 0 Å². The van der Waals surface area contributed by atoms with Crippen molar-refractivity contribution in [2.75, 3.05) is 16.0 Å². The minimum absolute atomic E-state index is 0.303. The van der Waals surface area contributed by atoms with Crippen molar-refractivity contribution in [3.63, 3.8) is 0 Å². The predicted octanol–water partition coefficient (Wildman–Crippen LogP) is 5.54. The maximum atomic E-state index is 5.54. The lowest BCUT2D eigenvalue weighted by Gasteiger charge is -2.14. The Morgan fingerprint density at radius 2 is 1.61 bits per heavy atom. The summed E-state index contributed by atoms with van der Waals surface area (Å²) in [5, 5.41) is 11.0. The third-order valence-electron chi connectivity index (χ3n) is 4.91. The van der Waals surface area contributed by atoms with Crippen LogP contribution in [0.5, 0.6) is 0 Å². The van der Waals surface area contributed by atoms with Gasteiger partial charge < -0.3 is 10.6 Å². The Morgan fingerprint density at radius 3 is 2.39 bits per heavy atom. The van der Waals surface area contributed by atoms with Crippen LogP contribution in [0.4, 0.5) is 17.3 Å². The van der Waals surface area contributed by atoms with Gasteiger partial charge in [0.1, 0.15) is 0 Å². The third kappa shape index (κ3) is 5.87. The van der Waals surface area contributed by atoms with Crippen LogP contribution in [0.15, 0.2) is 65.8 Å². The van der Waals surface area contributed by atoms with Crippen LogP contribution < -0.4 is 16.0 Å². The van der Waals surface area contributed by atoms with Gasteiger partial charge in [0.05, 0.1) is 17.4 Å². The molecule has 7 nitrogen and oxygen atoms in total. The molecule has 0 saturated heterocycles. The van der Waals surface area contributed by atoms with Gasteiger partial charge in [-0.25, -0.2) is 9.97 Å². The summed E-state index contributed by atoms with van der Waals surface area (Å²) in [6.45, 7) is 7.90. The van der Waals surface area contributed by atoms with Crippen molar-refractivity contribution in [2.24, 2.45) is 4.99 Å². The molecule has 0 bridgehead atoms. The maximum absolute atomic E-state index is 5.54. The Hall–Kier alpha value is -3.91. The molecule has 3 N–H and O–H groups in total. The molecule has 0 aliphatic rings. The number of thiocarbonyl (C=S) groups is 1. The zero-order valence-corrected chi connectivity index (χ0v) is 19.8. The molecule has 0 fully saturated rings. The Kier molecular flexibility index (Phi) is 6.55. The SMILES string of the molecule is Cc1ccc(C)c(NC(=S)/N=C(/Nc2cnc3ccccc3c2)Nc2nc(C)cc(C)n2)c1. The second kappa shape index (κ2) is 9.70. The molecule has 4 aromatic rings. The van der Waals surface area contributed by atoms with E-state index < -0.39 is 0 Å². The molecule has 0 aliphatic carbocycles. The fraction of sp³-hybridized carbons (Fsp3) is 0.160. The number of aryl methyl sites for hydroxylation is 4. The fourth-order valence-electron chi connectivity index (χ4n) is 3.37. The van der Waals surface area contributed by atoms with Gasteiger partial charge in [0.2, 0.25) is 17.0 Å². The van der Waals surface area contributed by atoms with Crippen molar-refractivity contribution < 1.29 is 0 Å². The quantitative estimate of drug-likeness (QED) is 0.212. The molecule has 8 heteroatoms. The number of nitrogens with one attached hydrogen (secondary N) is 3. The first kappa shape index (κ1) is 22.3. The summed E-state index contributed by atoms with van der Waals surface area (Å²) in [4.78, 5) is 18.0. The lowest BCUT2D eigenvalue weighted by molar-refractivity contribution is 1.06. The molecule has 2 heterocycles. The van der Waals surface area contributed by atoms with Crippen LogP contribution in [-0.4, -0.2) is 26.0 Å². The van der Waals surface area contributed by atoms with E-state index in [1.165, 1.54) is 0 Å². The number of pyridine rings is 1. The Bertz CT molecular complexity index is 1340. The van der Waals surface area contributed by atoms with Gasteiger partial charge in [-0.1, -0.05) is 30.3 Å². The number of rotatable bonds is 3. The van der Waals surface area contributed by atoms with Gasteiger partial charge >= 0.3 is 0 Å². The number of benzene rings is 2. The molecule has 0 amide bonds. The van der Waals surface area contributed by atoms with Gasteiger partial charge in [-0.15, -0.1) is 0 Å². The molecule has 0 spiro atoms. The van der Waals surface area contributed by atoms with Crippen molar-refractivity contribution >= 4 is 51.5 Å². The number of hydrogen-bond acceptors (Lipinski definition) is 4. The summed E-state index contributed by atoms with van der Waals surface area (Å²) in [5.74, 6) is 0.821. The predicted molar refractivity (Wildman–Crippen MR) is 140 cm³/mol. The molecule has 0 unspecified atom stereocenters. The number of aromatic nitrogens is 3. The fourth-order valence-corrected chi connectivity index (χ4v) is 3.57. The van der Waals surface area contributed by atoms with Gasteiger partial charge in [0.15, 0.2) is 0 Å². The van der Waals surface area contributed by atoms with E-state index in [0.717, 1.165) is 44.8 Å². The third-order valence-corrected chi connectivity index (χ3v) is 5.11. The highest BCUT2D eigenvalue weighted by molar-refractivity contribution is 7.80. The van der Waals surface area contributed by atoms with Crippen molar-refractivity contribution in [1.29, 1.82) is 0 Å². The summed E-state index contributed by atoms with van der Waals surface area (Å²) in [6.07, 6.45) is 1.75. The summed E-state index contributed by atoms with van der Waals surface area (Å²) >= 11 is 5.54. The molecule has 0 saturated carbocycles. The van der Waals surface area contributed by atoms with Crippen molar-refractivity contribution in [3.8, 4) is 0 Å². The molecule has 2 aromatic carbocycles. The highest BCUT2D eigenvalue weighted by Gasteiger charge is 2.09. The molecular formula is C25H25N7S. The molecule has 0 radical (unpaired) electrons. The van der Waals surface area contributed by atoms with Gasteiger partial charge in [0.25, 0.3) is 0 Å². The smallest absolute Gasteiger partial charge is 0.229 e. The van der Waals surface area contributed by atoms with E-state index in [2.05, 4.69) is 42.0 Å². The lowest BCUT2D eigenvalue weighted by Crippen LogP contribution is -2.26. The first-order chi connectivity index (χ1) is 15.9. The first-order valence-electron chi connectivity index (χ1n) is 10.5. The second-order valence-electron chi connectivity index (χ2n) is 7.85. The number of para-hydroxylation sites is 1. The number of anilines is 3. The monoisotopic (exact) mass is 455 g/mol. The summed E-state index contributed by atoms with van der Waals surface area (Å²) in [6, 6.07) is 18.0. The van der Waals surface area contributed by atoms with Crippen LogP contribution in [-0.2, 0) is 0 Å². The largest absolute Gasteiger partial charge is 0.331 e. The molecule has 4 rings (SSSR count). The molecular weight excluding hydrogens is 430 g/mol. The van der Waals surface area contributed by atoms with Gasteiger partial charge in [-0.3, -0.25) is 10.3 Å². The summed E-state index contributed by atoms with van der Waals surface area (Å²) < 4.78 is 0. The zero-order valence-electron chi connectivity index (χ0n) is 19.0. The van der Waals surface area contributed by atoms with E-state index in [-0.39, 0.29) is 0 Å². The highest BCUT2D eigenvalue weighted by atomic mass is 32.1. The number of guanidine groups is 1. The van der Waals surface area contributed by atoms with Crippen molar-refractivity contribution in [2.45, 2.75) is 27.7 Å². The number of hydrogen-bond donors (Lipinski definition) is 3. The number of nitrogens with zero attached hydrogens (tertiary/aromatic N) is 4. The Labute approximate surface area is 198 Å². The number of aliphatic imine (C=N–C) groups is 1. The number of fused-ring (bicyclic) bond motifs is 1. The molecule has 0 atom stereocenters. The van der Waals surface area contributed by atoms with E-state index in [0.29, 0.717) is 17.0 Å². The van der Waals surface area contributed by atoms with E-state index in [4.69, 9.17) is 12.2 Å². The zero-order chi connectivity index (χ0) is 23.4. The van der Waals surface area contributed by atoms with Crippen molar-refractivity contribution in [3.05, 3.63) is 83.3 Å². The molecule has 2 aromatic heterocycles. The Morgan fingerprint density at radius 1 is 0.848 bits per heavy atom. The van der Waals surface area contributed by atoms with Gasteiger partial charge in [0, 0.05) is 22.5 Å². The van der Waals surface area contributed by atoms with E-state index in [1.807, 2.05) is 76.2 Å². The van der Waals surface area contributed by atoms with Crippen LogP contribution >= 0.6 is 12.2 Å². The summed E-state index contributed by atoms with van der Waals surface area (Å²) in [7, 11) is 0. The van der Waals surface area contributed by atoms with Crippen molar-refractivity contribution in [1.82, 2.24) is 15.0 Å². The summed E-state index contributed by atoms with van der Waals surface area (Å²) in [5.41, 5.74) is 6.52.